The van der Waals surface area contributed by atoms with Gasteiger partial charge in [0.2, 0.25) is 0 Å². The summed E-state index contributed by atoms with van der Waals surface area (Å²) in [6, 6.07) is 7.85. The predicted octanol–water partition coefficient (Wildman–Crippen LogP) is 4.15. The van der Waals surface area contributed by atoms with Gasteiger partial charge in [0, 0.05) is 10.5 Å². The Morgan fingerprint density at radius 1 is 1.10 bits per heavy atom. The average Bonchev–Trinajstić information content (AvgIpc) is 3.31. The molecule has 1 aromatic heterocycles. The maximum atomic E-state index is 12.8. The molecule has 2 fully saturated rings. The van der Waals surface area contributed by atoms with Gasteiger partial charge < -0.3 is 4.42 Å². The number of nitro benzene ring substituents is 1. The number of carbonyl (C=O) groups excluding carboxylic acids is 2. The number of halogens is 1. The fourth-order valence-corrected chi connectivity index (χ4v) is 5.07. The van der Waals surface area contributed by atoms with E-state index in [0.717, 1.165) is 17.9 Å². The van der Waals surface area contributed by atoms with Crippen molar-refractivity contribution in [2.45, 2.75) is 12.8 Å². The van der Waals surface area contributed by atoms with Crippen molar-refractivity contribution < 1.29 is 18.9 Å². The van der Waals surface area contributed by atoms with E-state index < -0.39 is 4.92 Å². The number of hydrogen-bond donors (Lipinski definition) is 0. The molecule has 0 spiro atoms. The minimum Gasteiger partial charge on any atom is -0.455 e. The van der Waals surface area contributed by atoms with Crippen LogP contribution in [0, 0.1) is 33.8 Å². The molecule has 0 radical (unpaired) electrons. The number of furan rings is 1. The average molecular weight is 470 g/mol. The van der Waals surface area contributed by atoms with Crippen LogP contribution in [0.25, 0.3) is 11.3 Å². The number of hydrogen-bond acceptors (Lipinski definition) is 6. The van der Waals surface area contributed by atoms with E-state index in [1.165, 1.54) is 12.3 Å². The Morgan fingerprint density at radius 2 is 1.77 bits per heavy atom. The van der Waals surface area contributed by atoms with Gasteiger partial charge in [-0.1, -0.05) is 28.1 Å². The van der Waals surface area contributed by atoms with Crippen LogP contribution in [0.4, 0.5) is 5.69 Å². The standard InChI is InChI=1S/C21H16BrN3O5/c22-13-5-7-15(16(9-13)25(28)29)17-8-6-14(30-17)10-23-24-20(26)18-11-1-2-12(4-3-11)19(18)21(24)27/h1-2,5-12,18-19H,3-4H2/b23-10-/t11-,12-,18-,19-/m1/s1. The second kappa shape index (κ2) is 7.02. The Kier molecular flexibility index (Phi) is 4.43. The third kappa shape index (κ3) is 2.92. The molecule has 6 rings (SSSR count). The summed E-state index contributed by atoms with van der Waals surface area (Å²) in [4.78, 5) is 36.4. The van der Waals surface area contributed by atoms with E-state index >= 15 is 0 Å². The van der Waals surface area contributed by atoms with Gasteiger partial charge in [-0.25, -0.2) is 0 Å². The van der Waals surface area contributed by atoms with Crippen LogP contribution >= 0.6 is 15.9 Å². The van der Waals surface area contributed by atoms with Crippen molar-refractivity contribution in [3.05, 3.63) is 62.8 Å². The second-order valence-corrected chi connectivity index (χ2v) is 8.61. The van der Waals surface area contributed by atoms with Gasteiger partial charge in [-0.15, -0.1) is 0 Å². The zero-order valence-electron chi connectivity index (χ0n) is 15.6. The van der Waals surface area contributed by atoms with Gasteiger partial charge in [0.15, 0.2) is 0 Å². The summed E-state index contributed by atoms with van der Waals surface area (Å²) in [5.74, 6) is -0.391. The van der Waals surface area contributed by atoms with Gasteiger partial charge in [0.05, 0.1) is 28.5 Å². The molecule has 2 heterocycles. The van der Waals surface area contributed by atoms with Gasteiger partial charge in [0.1, 0.15) is 11.5 Å². The van der Waals surface area contributed by atoms with Crippen LogP contribution in [0.2, 0.25) is 0 Å². The molecular weight excluding hydrogens is 454 g/mol. The topological polar surface area (TPSA) is 106 Å². The molecule has 152 valence electrons. The first-order chi connectivity index (χ1) is 14.4. The number of allylic oxidation sites excluding steroid dienone is 2. The van der Waals surface area contributed by atoms with E-state index in [-0.39, 0.29) is 41.2 Å². The number of carbonyl (C=O) groups is 2. The summed E-state index contributed by atoms with van der Waals surface area (Å²) in [6.45, 7) is 0. The summed E-state index contributed by atoms with van der Waals surface area (Å²) < 4.78 is 6.26. The SMILES string of the molecule is O=C1[C@H]2[C@H](C(=O)N1/N=C\c1ccc(-c3ccc(Br)cc3[N+](=O)[O-])o1)[C@@H]1C=C[C@@H]2CC1. The highest BCUT2D eigenvalue weighted by Gasteiger charge is 2.56. The van der Waals surface area contributed by atoms with E-state index in [4.69, 9.17) is 4.42 Å². The van der Waals surface area contributed by atoms with E-state index in [1.807, 2.05) is 0 Å². The van der Waals surface area contributed by atoms with Gasteiger partial charge in [-0.3, -0.25) is 19.7 Å². The predicted molar refractivity (Wildman–Crippen MR) is 110 cm³/mol. The maximum Gasteiger partial charge on any atom is 0.281 e. The largest absolute Gasteiger partial charge is 0.455 e. The molecule has 2 bridgehead atoms. The second-order valence-electron chi connectivity index (χ2n) is 7.69. The fraction of sp³-hybridized carbons (Fsp3) is 0.286. The first-order valence-corrected chi connectivity index (χ1v) is 10.4. The highest BCUT2D eigenvalue weighted by Crippen LogP contribution is 2.49. The molecule has 9 heteroatoms. The molecule has 0 unspecified atom stereocenters. The summed E-state index contributed by atoms with van der Waals surface area (Å²) in [5, 5.41) is 16.4. The minimum atomic E-state index is -0.484. The third-order valence-corrected chi connectivity index (χ3v) is 6.58. The number of rotatable bonds is 4. The van der Waals surface area contributed by atoms with Crippen molar-refractivity contribution in [1.82, 2.24) is 5.01 Å². The third-order valence-electron chi connectivity index (χ3n) is 6.09. The first kappa shape index (κ1) is 18.9. The lowest BCUT2D eigenvalue weighted by Gasteiger charge is -2.37. The molecule has 1 aliphatic heterocycles. The Hall–Kier alpha value is -3.07. The van der Waals surface area contributed by atoms with Crippen LogP contribution < -0.4 is 0 Å². The van der Waals surface area contributed by atoms with Crippen molar-refractivity contribution >= 4 is 39.6 Å². The molecule has 4 atom stereocenters. The Labute approximate surface area is 179 Å². The van der Waals surface area contributed by atoms with Crippen molar-refractivity contribution in [2.24, 2.45) is 28.8 Å². The van der Waals surface area contributed by atoms with Crippen molar-refractivity contribution in [3.63, 3.8) is 0 Å². The maximum absolute atomic E-state index is 12.8. The molecule has 4 aliphatic rings. The number of fused-ring (bicyclic) bond motifs is 1. The van der Waals surface area contributed by atoms with Crippen LogP contribution in [0.1, 0.15) is 18.6 Å². The van der Waals surface area contributed by atoms with Crippen molar-refractivity contribution in [1.29, 1.82) is 0 Å². The molecule has 2 aromatic rings. The zero-order valence-corrected chi connectivity index (χ0v) is 17.2. The van der Waals surface area contributed by atoms with Gasteiger partial charge in [0.25, 0.3) is 17.5 Å². The number of amides is 2. The number of benzene rings is 1. The van der Waals surface area contributed by atoms with Gasteiger partial charge in [-0.05, 0) is 48.9 Å². The van der Waals surface area contributed by atoms with E-state index in [0.29, 0.717) is 21.6 Å². The number of nitrogens with zero attached hydrogens (tertiary/aromatic N) is 3. The van der Waals surface area contributed by atoms with Crippen LogP contribution in [-0.2, 0) is 9.59 Å². The molecule has 1 saturated heterocycles. The molecule has 8 nitrogen and oxygen atoms in total. The summed E-state index contributed by atoms with van der Waals surface area (Å²) in [5.41, 5.74) is 0.226. The Bertz CT molecular complexity index is 1110. The molecule has 30 heavy (non-hydrogen) atoms. The first-order valence-electron chi connectivity index (χ1n) is 9.58. The lowest BCUT2D eigenvalue weighted by atomic mass is 9.63. The van der Waals surface area contributed by atoms with Crippen molar-refractivity contribution in [3.8, 4) is 11.3 Å². The molecule has 1 saturated carbocycles. The lowest BCUT2D eigenvalue weighted by Crippen LogP contribution is -2.38. The lowest BCUT2D eigenvalue weighted by molar-refractivity contribution is -0.384. The van der Waals surface area contributed by atoms with Crippen LogP contribution in [0.5, 0.6) is 0 Å². The minimum absolute atomic E-state index is 0.0980. The number of nitro groups is 1. The molecular formula is C21H16BrN3O5. The molecule has 1 aromatic carbocycles. The van der Waals surface area contributed by atoms with Crippen LogP contribution in [-0.4, -0.2) is 28.0 Å². The van der Waals surface area contributed by atoms with Crippen molar-refractivity contribution in [2.75, 3.05) is 0 Å². The van der Waals surface area contributed by atoms with Gasteiger partial charge >= 0.3 is 0 Å². The zero-order chi connectivity index (χ0) is 21.0. The monoisotopic (exact) mass is 469 g/mol. The Morgan fingerprint density at radius 3 is 2.37 bits per heavy atom. The van der Waals surface area contributed by atoms with E-state index in [9.17, 15) is 19.7 Å². The summed E-state index contributed by atoms with van der Waals surface area (Å²) in [7, 11) is 0. The summed E-state index contributed by atoms with van der Waals surface area (Å²) >= 11 is 3.22. The van der Waals surface area contributed by atoms with E-state index in [2.05, 4.69) is 33.2 Å². The normalized spacial score (nSPS) is 27.3. The Balaban J connectivity index is 1.40. The quantitative estimate of drug-likeness (QED) is 0.220. The molecule has 2 amide bonds. The summed E-state index contributed by atoms with van der Waals surface area (Å²) in [6.07, 6.45) is 7.25. The van der Waals surface area contributed by atoms with Crippen LogP contribution in [0.15, 0.2) is 56.5 Å². The molecule has 0 N–H and O–H groups in total. The van der Waals surface area contributed by atoms with Crippen LogP contribution in [0.3, 0.4) is 0 Å². The number of imide groups is 1. The fourth-order valence-electron chi connectivity index (χ4n) is 4.72. The van der Waals surface area contributed by atoms with Gasteiger partial charge in [-0.2, -0.15) is 10.1 Å². The van der Waals surface area contributed by atoms with E-state index in [1.54, 1.807) is 24.3 Å². The highest BCUT2D eigenvalue weighted by molar-refractivity contribution is 9.10. The molecule has 3 aliphatic carbocycles. The number of hydrazone groups is 1. The highest BCUT2D eigenvalue weighted by atomic mass is 79.9. The smallest absolute Gasteiger partial charge is 0.281 e.